The van der Waals surface area contributed by atoms with Gasteiger partial charge >= 0.3 is 5.69 Å². The van der Waals surface area contributed by atoms with Gasteiger partial charge in [-0.1, -0.05) is 0 Å². The lowest BCUT2D eigenvalue weighted by Crippen LogP contribution is -2.44. The van der Waals surface area contributed by atoms with Crippen LogP contribution >= 0.6 is 0 Å². The molecular weight excluding hydrogens is 266 g/mol. The Kier molecular flexibility index (Phi) is 4.04. The average Bonchev–Trinajstić information content (AvgIpc) is 2.45. The predicted molar refractivity (Wildman–Crippen MR) is 69.7 cm³/mol. The van der Waals surface area contributed by atoms with E-state index in [1.165, 1.54) is 20.3 Å². The second-order valence-corrected chi connectivity index (χ2v) is 4.24. The molecule has 0 radical (unpaired) electrons. The van der Waals surface area contributed by atoms with Crippen molar-refractivity contribution in [3.8, 4) is 11.5 Å². The van der Waals surface area contributed by atoms with E-state index in [0.29, 0.717) is 18.5 Å². The van der Waals surface area contributed by atoms with Crippen LogP contribution in [0.3, 0.4) is 0 Å². The lowest BCUT2D eigenvalue weighted by molar-refractivity contribution is -0.385. The van der Waals surface area contributed by atoms with Crippen LogP contribution in [-0.4, -0.2) is 31.6 Å². The van der Waals surface area contributed by atoms with Gasteiger partial charge in [-0.05, 0) is 11.6 Å². The number of nitro groups is 1. The topological polar surface area (TPSA) is 103 Å². The van der Waals surface area contributed by atoms with Gasteiger partial charge in [0.15, 0.2) is 5.75 Å². The fraction of sp³-hybridized carbons (Fsp3) is 0.417. The number of carbonyl (C=O) groups excluding carboxylic acids is 1. The van der Waals surface area contributed by atoms with E-state index in [4.69, 9.17) is 9.47 Å². The highest BCUT2D eigenvalue weighted by molar-refractivity contribution is 5.77. The number of hydrogen-bond donors (Lipinski definition) is 2. The molecule has 20 heavy (non-hydrogen) atoms. The molecule has 0 spiro atoms. The van der Waals surface area contributed by atoms with Crippen molar-refractivity contribution in [2.45, 2.75) is 12.6 Å². The fourth-order valence-electron chi connectivity index (χ4n) is 2.08. The quantitative estimate of drug-likeness (QED) is 0.622. The molecule has 1 amide bonds. The standard InChI is InChI=1S/C12H15N3O5/c1-19-9-6-7(12-13-4-3-10(16)14-12)5-8(15(17)18)11(9)20-2/h5-6,12-13H,3-4H2,1-2H3,(H,14,16)/t12-/m0/s1. The number of amides is 1. The Bertz CT molecular complexity index is 546. The molecule has 1 fully saturated rings. The zero-order valence-corrected chi connectivity index (χ0v) is 11.1. The third kappa shape index (κ3) is 2.64. The number of nitrogens with zero attached hydrogens (tertiary/aromatic N) is 1. The monoisotopic (exact) mass is 281 g/mol. The first-order valence-electron chi connectivity index (χ1n) is 6.00. The lowest BCUT2D eigenvalue weighted by atomic mass is 10.1. The summed E-state index contributed by atoms with van der Waals surface area (Å²) < 4.78 is 10.1. The first-order chi connectivity index (χ1) is 9.56. The van der Waals surface area contributed by atoms with Gasteiger partial charge in [0.25, 0.3) is 0 Å². The van der Waals surface area contributed by atoms with Gasteiger partial charge in [0.1, 0.15) is 6.17 Å². The van der Waals surface area contributed by atoms with Crippen molar-refractivity contribution < 1.29 is 19.2 Å². The van der Waals surface area contributed by atoms with Crippen LogP contribution in [-0.2, 0) is 4.79 Å². The third-order valence-electron chi connectivity index (χ3n) is 3.02. The summed E-state index contributed by atoms with van der Waals surface area (Å²) in [7, 11) is 2.74. The van der Waals surface area contributed by atoms with Gasteiger partial charge < -0.3 is 14.8 Å². The highest BCUT2D eigenvalue weighted by Gasteiger charge is 2.26. The zero-order chi connectivity index (χ0) is 14.7. The van der Waals surface area contributed by atoms with E-state index >= 15 is 0 Å². The molecule has 2 N–H and O–H groups in total. The van der Waals surface area contributed by atoms with Crippen LogP contribution in [0.5, 0.6) is 11.5 Å². The Morgan fingerprint density at radius 2 is 2.10 bits per heavy atom. The summed E-state index contributed by atoms with van der Waals surface area (Å²) in [6.45, 7) is 0.513. The molecule has 108 valence electrons. The molecule has 0 bridgehead atoms. The Hall–Kier alpha value is -2.35. The van der Waals surface area contributed by atoms with Gasteiger partial charge in [0.2, 0.25) is 11.7 Å². The van der Waals surface area contributed by atoms with E-state index in [0.717, 1.165) is 0 Å². The second kappa shape index (κ2) is 5.74. The SMILES string of the molecule is COc1cc([C@H]2NCCC(=O)N2)cc([N+](=O)[O-])c1OC. The molecule has 2 rings (SSSR count). The molecule has 1 heterocycles. The van der Waals surface area contributed by atoms with Crippen LogP contribution < -0.4 is 20.1 Å². The normalized spacial score (nSPS) is 18.3. The molecule has 1 aromatic rings. The van der Waals surface area contributed by atoms with Gasteiger partial charge in [0.05, 0.1) is 19.1 Å². The molecule has 0 aliphatic carbocycles. The molecule has 0 saturated carbocycles. The van der Waals surface area contributed by atoms with E-state index in [9.17, 15) is 14.9 Å². The molecular formula is C12H15N3O5. The number of carbonyl (C=O) groups is 1. The van der Waals surface area contributed by atoms with Gasteiger partial charge in [-0.15, -0.1) is 0 Å². The van der Waals surface area contributed by atoms with Crippen molar-refractivity contribution in [3.05, 3.63) is 27.8 Å². The molecule has 0 unspecified atom stereocenters. The highest BCUT2D eigenvalue weighted by Crippen LogP contribution is 2.39. The summed E-state index contributed by atoms with van der Waals surface area (Å²) >= 11 is 0. The Morgan fingerprint density at radius 1 is 1.35 bits per heavy atom. The maximum atomic E-state index is 11.4. The van der Waals surface area contributed by atoms with E-state index in [1.807, 2.05) is 0 Å². The first-order valence-corrected chi connectivity index (χ1v) is 6.00. The number of ether oxygens (including phenoxy) is 2. The minimum Gasteiger partial charge on any atom is -0.493 e. The molecule has 1 aliphatic rings. The predicted octanol–water partition coefficient (Wildman–Crippen LogP) is 0.720. The van der Waals surface area contributed by atoms with Gasteiger partial charge in [-0.2, -0.15) is 0 Å². The van der Waals surface area contributed by atoms with Crippen molar-refractivity contribution in [2.75, 3.05) is 20.8 Å². The molecule has 1 aromatic carbocycles. The highest BCUT2D eigenvalue weighted by atomic mass is 16.6. The number of nitro benzene ring substituents is 1. The number of nitrogens with one attached hydrogen (secondary N) is 2. The Labute approximate surface area is 115 Å². The summed E-state index contributed by atoms with van der Waals surface area (Å²) in [5.74, 6) is 0.202. The maximum absolute atomic E-state index is 11.4. The number of benzene rings is 1. The third-order valence-corrected chi connectivity index (χ3v) is 3.02. The van der Waals surface area contributed by atoms with Crippen LogP contribution in [0, 0.1) is 10.1 Å². The van der Waals surface area contributed by atoms with E-state index in [2.05, 4.69) is 10.6 Å². The van der Waals surface area contributed by atoms with Gasteiger partial charge in [-0.3, -0.25) is 20.2 Å². The van der Waals surface area contributed by atoms with Crippen molar-refractivity contribution in [2.24, 2.45) is 0 Å². The molecule has 8 nitrogen and oxygen atoms in total. The Balaban J connectivity index is 2.46. The number of methoxy groups -OCH3 is 2. The lowest BCUT2D eigenvalue weighted by Gasteiger charge is -2.25. The minimum atomic E-state index is -0.546. The summed E-state index contributed by atoms with van der Waals surface area (Å²) in [5.41, 5.74) is 0.339. The van der Waals surface area contributed by atoms with Crippen LogP contribution in [0.1, 0.15) is 18.2 Å². The maximum Gasteiger partial charge on any atom is 0.315 e. The van der Waals surface area contributed by atoms with Crippen molar-refractivity contribution in [1.29, 1.82) is 0 Å². The van der Waals surface area contributed by atoms with Crippen LogP contribution in [0.25, 0.3) is 0 Å². The van der Waals surface area contributed by atoms with Gasteiger partial charge in [-0.25, -0.2) is 0 Å². The Morgan fingerprint density at radius 3 is 2.65 bits per heavy atom. The molecule has 0 aromatic heterocycles. The van der Waals surface area contributed by atoms with Crippen LogP contribution in [0.15, 0.2) is 12.1 Å². The second-order valence-electron chi connectivity index (χ2n) is 4.24. The van der Waals surface area contributed by atoms with Crippen LogP contribution in [0.4, 0.5) is 5.69 Å². The summed E-state index contributed by atoms with van der Waals surface area (Å²) in [4.78, 5) is 22.0. The zero-order valence-electron chi connectivity index (χ0n) is 11.1. The minimum absolute atomic E-state index is 0.0587. The van der Waals surface area contributed by atoms with Crippen molar-refractivity contribution >= 4 is 11.6 Å². The molecule has 1 atom stereocenters. The van der Waals surface area contributed by atoms with Crippen molar-refractivity contribution in [3.63, 3.8) is 0 Å². The fourth-order valence-corrected chi connectivity index (χ4v) is 2.08. The average molecular weight is 281 g/mol. The van der Waals surface area contributed by atoms with E-state index in [-0.39, 0.29) is 23.1 Å². The first kappa shape index (κ1) is 14.1. The smallest absolute Gasteiger partial charge is 0.315 e. The molecule has 1 saturated heterocycles. The molecule has 8 heteroatoms. The van der Waals surface area contributed by atoms with E-state index < -0.39 is 11.1 Å². The summed E-state index contributed by atoms with van der Waals surface area (Å²) in [5, 5.41) is 16.9. The van der Waals surface area contributed by atoms with Crippen LogP contribution in [0.2, 0.25) is 0 Å². The largest absolute Gasteiger partial charge is 0.493 e. The van der Waals surface area contributed by atoms with E-state index in [1.54, 1.807) is 6.07 Å². The number of hydrogen-bond acceptors (Lipinski definition) is 6. The summed E-state index contributed by atoms with van der Waals surface area (Å²) in [6, 6.07) is 2.97. The summed E-state index contributed by atoms with van der Waals surface area (Å²) in [6.07, 6.45) is -0.0962. The van der Waals surface area contributed by atoms with Gasteiger partial charge in [0, 0.05) is 19.0 Å². The van der Waals surface area contributed by atoms with Crippen molar-refractivity contribution in [1.82, 2.24) is 10.6 Å². The number of rotatable bonds is 4. The molecule has 1 aliphatic heterocycles.